The fourth-order valence-electron chi connectivity index (χ4n) is 2.04. The van der Waals surface area contributed by atoms with Crippen LogP contribution in [0.1, 0.15) is 30.1 Å². The Morgan fingerprint density at radius 2 is 2.00 bits per heavy atom. The highest BCUT2D eigenvalue weighted by molar-refractivity contribution is 9.10. The molecule has 4 N–H and O–H groups in total. The lowest BCUT2D eigenvalue weighted by molar-refractivity contribution is 0.920. The van der Waals surface area contributed by atoms with Crippen LogP contribution in [0.4, 0.5) is 17.3 Å². The normalized spacial score (nSPS) is 14.1. The van der Waals surface area contributed by atoms with Crippen LogP contribution in [0.25, 0.3) is 0 Å². The van der Waals surface area contributed by atoms with Gasteiger partial charge in [-0.25, -0.2) is 15.8 Å². The number of hydrogen-bond acceptors (Lipinski definition) is 5. The number of nitrogens with two attached hydrogens (primary N) is 1. The molecule has 0 unspecified atom stereocenters. The van der Waals surface area contributed by atoms with Gasteiger partial charge in [0, 0.05) is 21.0 Å². The van der Waals surface area contributed by atoms with Crippen molar-refractivity contribution in [2.24, 2.45) is 5.84 Å². The Labute approximate surface area is 136 Å². The second kappa shape index (κ2) is 5.79. The molecule has 1 heterocycles. The monoisotopic (exact) mass is 367 g/mol. The number of halogens is 2. The van der Waals surface area contributed by atoms with E-state index in [-0.39, 0.29) is 0 Å². The summed E-state index contributed by atoms with van der Waals surface area (Å²) in [6.45, 7) is 1.92. The lowest BCUT2D eigenvalue weighted by Gasteiger charge is -2.14. The average molecular weight is 369 g/mol. The van der Waals surface area contributed by atoms with Crippen LogP contribution >= 0.6 is 27.5 Å². The summed E-state index contributed by atoms with van der Waals surface area (Å²) >= 11 is 9.55. The molecule has 1 aliphatic rings. The van der Waals surface area contributed by atoms with E-state index in [4.69, 9.17) is 17.4 Å². The minimum atomic E-state index is 0.445. The molecule has 0 atom stereocenters. The quantitative estimate of drug-likeness (QED) is 0.559. The minimum Gasteiger partial charge on any atom is -0.339 e. The number of nitrogens with zero attached hydrogens (tertiary/aromatic N) is 2. The maximum absolute atomic E-state index is 6.05. The zero-order valence-electron chi connectivity index (χ0n) is 11.5. The van der Waals surface area contributed by atoms with E-state index >= 15 is 0 Å². The third kappa shape index (κ3) is 3.12. The van der Waals surface area contributed by atoms with Crippen molar-refractivity contribution in [2.75, 3.05) is 10.7 Å². The number of hydrogen-bond donors (Lipinski definition) is 3. The molecule has 0 aliphatic heterocycles. The predicted octanol–water partition coefficient (Wildman–Crippen LogP) is 4.11. The molecule has 0 saturated heterocycles. The number of nitrogen functional groups attached to an aromatic ring is 1. The first-order chi connectivity index (χ1) is 10.1. The summed E-state index contributed by atoms with van der Waals surface area (Å²) in [5.41, 5.74) is 4.37. The molecule has 2 aromatic rings. The fraction of sp³-hybridized carbons (Fsp3) is 0.286. The molecule has 0 radical (unpaired) electrons. The molecular formula is C14H15BrClN5. The van der Waals surface area contributed by atoms with Crippen LogP contribution in [0.15, 0.2) is 22.7 Å². The van der Waals surface area contributed by atoms with Crippen molar-refractivity contribution in [3.8, 4) is 0 Å². The molecular weight excluding hydrogens is 354 g/mol. The van der Waals surface area contributed by atoms with E-state index in [1.54, 1.807) is 0 Å². The van der Waals surface area contributed by atoms with E-state index in [0.717, 1.165) is 40.2 Å². The minimum absolute atomic E-state index is 0.445. The average Bonchev–Trinajstić information content (AvgIpc) is 3.29. The van der Waals surface area contributed by atoms with E-state index in [9.17, 15) is 0 Å². The number of hydrazine groups is 1. The second-order valence-corrected chi connectivity index (χ2v) is 6.36. The van der Waals surface area contributed by atoms with Gasteiger partial charge < -0.3 is 10.7 Å². The topological polar surface area (TPSA) is 75.9 Å². The van der Waals surface area contributed by atoms with Crippen LogP contribution in [0.5, 0.6) is 0 Å². The molecule has 1 saturated carbocycles. The van der Waals surface area contributed by atoms with Crippen LogP contribution in [0.2, 0.25) is 5.02 Å². The van der Waals surface area contributed by atoms with Gasteiger partial charge in [-0.05, 0) is 53.9 Å². The summed E-state index contributed by atoms with van der Waals surface area (Å²) in [6, 6.07) is 5.57. The van der Waals surface area contributed by atoms with Crippen molar-refractivity contribution in [2.45, 2.75) is 25.7 Å². The van der Waals surface area contributed by atoms with Gasteiger partial charge >= 0.3 is 0 Å². The maximum Gasteiger partial charge on any atom is 0.148 e. The Bertz CT molecular complexity index is 687. The van der Waals surface area contributed by atoms with Crippen LogP contribution in [0, 0.1) is 6.92 Å². The van der Waals surface area contributed by atoms with Crippen LogP contribution < -0.4 is 16.6 Å². The highest BCUT2D eigenvalue weighted by Gasteiger charge is 2.28. The summed E-state index contributed by atoms with van der Waals surface area (Å²) in [7, 11) is 0. The van der Waals surface area contributed by atoms with Gasteiger partial charge in [-0.3, -0.25) is 0 Å². The molecule has 1 aliphatic carbocycles. The van der Waals surface area contributed by atoms with Gasteiger partial charge in [-0.1, -0.05) is 11.6 Å². The SMILES string of the molecule is Cc1c(NN)nc(C2CC2)nc1Nc1cc(Cl)ccc1Br. The number of aromatic nitrogens is 2. The lowest BCUT2D eigenvalue weighted by atomic mass is 10.2. The fourth-order valence-corrected chi connectivity index (χ4v) is 2.56. The summed E-state index contributed by atoms with van der Waals surface area (Å²) in [5, 5.41) is 3.96. The Hall–Kier alpha value is -1.37. The van der Waals surface area contributed by atoms with Gasteiger partial charge in [0.05, 0.1) is 5.69 Å². The Morgan fingerprint density at radius 1 is 1.29 bits per heavy atom. The summed E-state index contributed by atoms with van der Waals surface area (Å²) in [6.07, 6.45) is 2.26. The van der Waals surface area contributed by atoms with E-state index in [1.807, 2.05) is 25.1 Å². The van der Waals surface area contributed by atoms with Gasteiger partial charge in [0.2, 0.25) is 0 Å². The molecule has 1 fully saturated rings. The van der Waals surface area contributed by atoms with Crippen molar-refractivity contribution in [1.82, 2.24) is 9.97 Å². The van der Waals surface area contributed by atoms with E-state index in [1.165, 1.54) is 0 Å². The number of rotatable bonds is 4. The summed E-state index contributed by atoms with van der Waals surface area (Å²) < 4.78 is 0.917. The van der Waals surface area contributed by atoms with Gasteiger partial charge in [0.15, 0.2) is 0 Å². The van der Waals surface area contributed by atoms with Gasteiger partial charge in [-0.2, -0.15) is 0 Å². The van der Waals surface area contributed by atoms with Crippen molar-refractivity contribution >= 4 is 44.9 Å². The van der Waals surface area contributed by atoms with Crippen molar-refractivity contribution in [1.29, 1.82) is 0 Å². The molecule has 7 heteroatoms. The largest absolute Gasteiger partial charge is 0.339 e. The number of anilines is 3. The molecule has 21 heavy (non-hydrogen) atoms. The first-order valence-corrected chi connectivity index (χ1v) is 7.83. The zero-order chi connectivity index (χ0) is 15.0. The van der Waals surface area contributed by atoms with Gasteiger partial charge in [0.25, 0.3) is 0 Å². The number of benzene rings is 1. The molecule has 0 amide bonds. The number of nitrogens with one attached hydrogen (secondary N) is 2. The molecule has 1 aromatic carbocycles. The molecule has 1 aromatic heterocycles. The zero-order valence-corrected chi connectivity index (χ0v) is 13.8. The van der Waals surface area contributed by atoms with Gasteiger partial charge in [0.1, 0.15) is 17.5 Å². The Kier molecular flexibility index (Phi) is 4.01. The van der Waals surface area contributed by atoms with E-state index < -0.39 is 0 Å². The summed E-state index contributed by atoms with van der Waals surface area (Å²) in [4.78, 5) is 9.10. The highest BCUT2D eigenvalue weighted by atomic mass is 79.9. The lowest BCUT2D eigenvalue weighted by Crippen LogP contribution is -2.14. The van der Waals surface area contributed by atoms with Crippen molar-refractivity contribution < 1.29 is 0 Å². The first-order valence-electron chi connectivity index (χ1n) is 6.65. The van der Waals surface area contributed by atoms with Gasteiger partial charge in [-0.15, -0.1) is 0 Å². The molecule has 0 spiro atoms. The van der Waals surface area contributed by atoms with Crippen LogP contribution in [-0.2, 0) is 0 Å². The second-order valence-electron chi connectivity index (χ2n) is 5.07. The van der Waals surface area contributed by atoms with E-state index in [0.29, 0.717) is 16.8 Å². The standard InChI is InChI=1S/C14H15BrClN5/c1-7-12(18-11-6-9(16)4-5-10(11)15)19-14(8-2-3-8)20-13(7)21-17/h4-6,8H,2-3,17H2,1H3,(H2,18,19,20,21). The molecule has 110 valence electrons. The maximum atomic E-state index is 6.05. The molecule has 3 rings (SSSR count). The third-order valence-corrected chi connectivity index (χ3v) is 4.35. The first kappa shape index (κ1) is 14.6. The smallest absolute Gasteiger partial charge is 0.148 e. The molecule has 0 bridgehead atoms. The molecule has 5 nitrogen and oxygen atoms in total. The Morgan fingerprint density at radius 3 is 2.67 bits per heavy atom. The van der Waals surface area contributed by atoms with Crippen molar-refractivity contribution in [3.63, 3.8) is 0 Å². The highest BCUT2D eigenvalue weighted by Crippen LogP contribution is 2.40. The van der Waals surface area contributed by atoms with Crippen LogP contribution in [-0.4, -0.2) is 9.97 Å². The van der Waals surface area contributed by atoms with Crippen molar-refractivity contribution in [3.05, 3.63) is 39.1 Å². The summed E-state index contributed by atoms with van der Waals surface area (Å²) in [5.74, 6) is 8.22. The Balaban J connectivity index is 2.00. The van der Waals surface area contributed by atoms with Crippen LogP contribution in [0.3, 0.4) is 0 Å². The van der Waals surface area contributed by atoms with E-state index in [2.05, 4.69) is 36.6 Å². The third-order valence-electron chi connectivity index (χ3n) is 3.42. The predicted molar refractivity (Wildman–Crippen MR) is 89.0 cm³/mol.